The zero-order chi connectivity index (χ0) is 11.5. The van der Waals surface area contributed by atoms with Gasteiger partial charge in [-0.05, 0) is 30.4 Å². The largest absolute Gasteiger partial charge is 0.409 e. The Morgan fingerprint density at radius 1 is 1.75 bits per heavy atom. The Kier molecular flexibility index (Phi) is 3.46. The van der Waals surface area contributed by atoms with Gasteiger partial charge in [-0.1, -0.05) is 5.16 Å². The monoisotopic (exact) mass is 239 g/mol. The predicted molar refractivity (Wildman–Crippen MR) is 66.0 cm³/mol. The molecule has 0 spiro atoms. The second-order valence-electron chi connectivity index (χ2n) is 4.10. The zero-order valence-electron chi connectivity index (χ0n) is 9.39. The second kappa shape index (κ2) is 4.84. The summed E-state index contributed by atoms with van der Waals surface area (Å²) in [5.74, 6) is 0.309. The highest BCUT2D eigenvalue weighted by molar-refractivity contribution is 7.10. The molecule has 0 aliphatic carbocycles. The lowest BCUT2D eigenvalue weighted by atomic mass is 10.0. The molecular weight excluding hydrogens is 222 g/mol. The molecule has 1 aliphatic heterocycles. The Hall–Kier alpha value is -1.07. The molecule has 3 N–H and O–H groups in total. The number of nitrogens with zero attached hydrogens (tertiary/aromatic N) is 2. The first kappa shape index (κ1) is 11.4. The molecule has 1 aliphatic rings. The number of nitrogens with two attached hydrogens (primary N) is 1. The number of hydrogen-bond donors (Lipinski definition) is 2. The van der Waals surface area contributed by atoms with Gasteiger partial charge in [-0.2, -0.15) is 0 Å². The molecule has 0 amide bonds. The van der Waals surface area contributed by atoms with E-state index in [1.165, 1.54) is 10.4 Å². The number of rotatable bonds is 3. The molecule has 0 bridgehead atoms. The third-order valence-electron chi connectivity index (χ3n) is 3.19. The second-order valence-corrected chi connectivity index (χ2v) is 5.10. The maximum absolute atomic E-state index is 8.50. The van der Waals surface area contributed by atoms with E-state index in [0.717, 1.165) is 19.5 Å². The number of oxime groups is 1. The number of thiophene rings is 1. The maximum Gasteiger partial charge on any atom is 0.140 e. The molecule has 0 fully saturated rings. The minimum atomic E-state index is 0.309. The van der Waals surface area contributed by atoms with E-state index >= 15 is 0 Å². The molecule has 0 radical (unpaired) electrons. The molecule has 0 aromatic carbocycles. The van der Waals surface area contributed by atoms with Crippen molar-refractivity contribution in [2.45, 2.75) is 25.8 Å². The van der Waals surface area contributed by atoms with E-state index in [1.54, 1.807) is 0 Å². The van der Waals surface area contributed by atoms with Crippen LogP contribution in [0.5, 0.6) is 0 Å². The van der Waals surface area contributed by atoms with Crippen LogP contribution >= 0.6 is 11.3 Å². The number of fused-ring (bicyclic) bond motifs is 1. The Bertz CT molecular complexity index is 388. The fourth-order valence-electron chi connectivity index (χ4n) is 2.18. The quantitative estimate of drug-likeness (QED) is 0.366. The molecule has 1 aromatic rings. The van der Waals surface area contributed by atoms with Crippen LogP contribution in [0.3, 0.4) is 0 Å². The summed E-state index contributed by atoms with van der Waals surface area (Å²) in [5.41, 5.74) is 6.93. The van der Waals surface area contributed by atoms with Crippen LogP contribution in [-0.4, -0.2) is 29.0 Å². The van der Waals surface area contributed by atoms with E-state index in [2.05, 4.69) is 28.4 Å². The van der Waals surface area contributed by atoms with E-state index in [4.69, 9.17) is 10.9 Å². The van der Waals surface area contributed by atoms with Gasteiger partial charge in [-0.15, -0.1) is 11.3 Å². The Morgan fingerprint density at radius 2 is 2.56 bits per heavy atom. The molecule has 2 rings (SSSR count). The van der Waals surface area contributed by atoms with Crippen molar-refractivity contribution in [2.24, 2.45) is 10.9 Å². The van der Waals surface area contributed by atoms with Crippen molar-refractivity contribution in [2.75, 3.05) is 13.1 Å². The third kappa shape index (κ3) is 2.20. The topological polar surface area (TPSA) is 61.8 Å². The van der Waals surface area contributed by atoms with Gasteiger partial charge < -0.3 is 10.9 Å². The highest BCUT2D eigenvalue weighted by Crippen LogP contribution is 2.32. The van der Waals surface area contributed by atoms with Crippen LogP contribution in [-0.2, 0) is 6.42 Å². The molecule has 88 valence electrons. The fourth-order valence-corrected chi connectivity index (χ4v) is 3.14. The van der Waals surface area contributed by atoms with Gasteiger partial charge in [0.25, 0.3) is 0 Å². The van der Waals surface area contributed by atoms with Crippen LogP contribution in [0.15, 0.2) is 16.6 Å². The molecule has 5 heteroatoms. The fraction of sp³-hybridized carbons (Fsp3) is 0.545. The van der Waals surface area contributed by atoms with Crippen molar-refractivity contribution >= 4 is 17.2 Å². The van der Waals surface area contributed by atoms with Crippen LogP contribution in [0.4, 0.5) is 0 Å². The van der Waals surface area contributed by atoms with E-state index in [1.807, 2.05) is 11.3 Å². The van der Waals surface area contributed by atoms with Gasteiger partial charge in [-0.3, -0.25) is 4.90 Å². The molecule has 16 heavy (non-hydrogen) atoms. The minimum Gasteiger partial charge on any atom is -0.409 e. The molecule has 0 saturated heterocycles. The summed E-state index contributed by atoms with van der Waals surface area (Å²) in [7, 11) is 0. The lowest BCUT2D eigenvalue weighted by Gasteiger charge is -2.33. The Balaban J connectivity index is 1.99. The molecule has 1 atom stereocenters. The smallest absolute Gasteiger partial charge is 0.140 e. The molecule has 0 saturated carbocycles. The van der Waals surface area contributed by atoms with Gasteiger partial charge in [0.15, 0.2) is 0 Å². The minimum absolute atomic E-state index is 0.309. The maximum atomic E-state index is 8.50. The highest BCUT2D eigenvalue weighted by atomic mass is 32.1. The lowest BCUT2D eigenvalue weighted by Crippen LogP contribution is -2.35. The summed E-state index contributed by atoms with van der Waals surface area (Å²) in [4.78, 5) is 3.89. The summed E-state index contributed by atoms with van der Waals surface area (Å²) in [6.45, 7) is 4.14. The first-order chi connectivity index (χ1) is 7.72. The summed E-state index contributed by atoms with van der Waals surface area (Å²) >= 11 is 1.84. The first-order valence-corrected chi connectivity index (χ1v) is 6.37. The number of hydrogen-bond acceptors (Lipinski definition) is 4. The molecule has 4 nitrogen and oxygen atoms in total. The van der Waals surface area contributed by atoms with E-state index in [-0.39, 0.29) is 0 Å². The molecular formula is C11H17N3OS. The Labute approximate surface area is 99.4 Å². The predicted octanol–water partition coefficient (Wildman–Crippen LogP) is 1.80. The first-order valence-electron chi connectivity index (χ1n) is 5.49. The normalized spacial score (nSPS) is 22.1. The average molecular weight is 239 g/mol. The van der Waals surface area contributed by atoms with Gasteiger partial charge in [0, 0.05) is 30.4 Å². The van der Waals surface area contributed by atoms with E-state index < -0.39 is 0 Å². The van der Waals surface area contributed by atoms with Crippen molar-refractivity contribution in [3.05, 3.63) is 21.9 Å². The third-order valence-corrected chi connectivity index (χ3v) is 4.18. The van der Waals surface area contributed by atoms with Gasteiger partial charge in [0.05, 0.1) is 0 Å². The van der Waals surface area contributed by atoms with Crippen molar-refractivity contribution in [1.82, 2.24) is 4.90 Å². The standard InChI is InChI=1S/C11H17N3OS/c1-8-9-4-7-16-10(9)2-5-14(8)6-3-11(12)13-15/h4,7-8,15H,2-3,5-6H2,1H3,(H2,12,13). The van der Waals surface area contributed by atoms with Crippen LogP contribution < -0.4 is 5.73 Å². The summed E-state index contributed by atoms with van der Waals surface area (Å²) in [6, 6.07) is 2.65. The SMILES string of the molecule is CC1c2ccsc2CCN1CCC(N)=NO. The van der Waals surface area contributed by atoms with Crippen molar-refractivity contribution in [3.63, 3.8) is 0 Å². The van der Waals surface area contributed by atoms with Crippen LogP contribution in [0, 0.1) is 0 Å². The summed E-state index contributed by atoms with van der Waals surface area (Å²) in [6.07, 6.45) is 1.74. The molecule has 1 aromatic heterocycles. The van der Waals surface area contributed by atoms with E-state index in [9.17, 15) is 0 Å². The molecule has 1 unspecified atom stereocenters. The average Bonchev–Trinajstić information content (AvgIpc) is 2.76. The van der Waals surface area contributed by atoms with Crippen molar-refractivity contribution in [1.29, 1.82) is 0 Å². The Morgan fingerprint density at radius 3 is 3.31 bits per heavy atom. The lowest BCUT2D eigenvalue weighted by molar-refractivity contribution is 0.205. The van der Waals surface area contributed by atoms with Crippen molar-refractivity contribution in [3.8, 4) is 0 Å². The number of amidine groups is 1. The van der Waals surface area contributed by atoms with Crippen LogP contribution in [0.25, 0.3) is 0 Å². The van der Waals surface area contributed by atoms with Gasteiger partial charge in [-0.25, -0.2) is 0 Å². The van der Waals surface area contributed by atoms with E-state index in [0.29, 0.717) is 18.3 Å². The summed E-state index contributed by atoms with van der Waals surface area (Å²) in [5, 5.41) is 13.7. The van der Waals surface area contributed by atoms with Crippen LogP contribution in [0.1, 0.15) is 29.8 Å². The zero-order valence-corrected chi connectivity index (χ0v) is 10.2. The molecule has 2 heterocycles. The van der Waals surface area contributed by atoms with Crippen LogP contribution in [0.2, 0.25) is 0 Å². The van der Waals surface area contributed by atoms with Gasteiger partial charge in [0.2, 0.25) is 0 Å². The summed E-state index contributed by atoms with van der Waals surface area (Å²) < 4.78 is 0. The van der Waals surface area contributed by atoms with Gasteiger partial charge in [0.1, 0.15) is 5.84 Å². The van der Waals surface area contributed by atoms with Gasteiger partial charge >= 0.3 is 0 Å². The highest BCUT2D eigenvalue weighted by Gasteiger charge is 2.24. The van der Waals surface area contributed by atoms with Crippen molar-refractivity contribution < 1.29 is 5.21 Å².